The third kappa shape index (κ3) is 2.65. The normalized spacial score (nSPS) is 24.7. The van der Waals surface area contributed by atoms with Gasteiger partial charge in [-0.2, -0.15) is 0 Å². The molecule has 146 valence electrons. The summed E-state index contributed by atoms with van der Waals surface area (Å²) in [4.78, 5) is 31.4. The summed E-state index contributed by atoms with van der Waals surface area (Å²) < 4.78 is 13.4. The van der Waals surface area contributed by atoms with Crippen LogP contribution in [-0.2, 0) is 9.53 Å². The monoisotopic (exact) mass is 406 g/mol. The van der Waals surface area contributed by atoms with E-state index < -0.39 is 23.7 Å². The lowest BCUT2D eigenvalue weighted by Crippen LogP contribution is -2.58. The molecular formula is C22H18N2O4S. The minimum atomic E-state index is -1.15. The molecule has 6 nitrogen and oxygen atoms in total. The van der Waals surface area contributed by atoms with Crippen molar-refractivity contribution >= 4 is 23.4 Å². The summed E-state index contributed by atoms with van der Waals surface area (Å²) in [5.41, 5.74) is 0.394. The van der Waals surface area contributed by atoms with E-state index in [1.165, 1.54) is 18.4 Å². The fourth-order valence-electron chi connectivity index (χ4n) is 4.13. The number of hydrogen-bond acceptors (Lipinski definition) is 6. The van der Waals surface area contributed by atoms with Gasteiger partial charge in [-0.3, -0.25) is 14.2 Å². The molecular weight excluding hydrogens is 388 g/mol. The number of benzene rings is 2. The van der Waals surface area contributed by atoms with Crippen molar-refractivity contribution in [2.45, 2.75) is 18.7 Å². The molecule has 3 heterocycles. The summed E-state index contributed by atoms with van der Waals surface area (Å²) in [5, 5.41) is 0. The number of hydrogen-bond donors (Lipinski definition) is 0. The summed E-state index contributed by atoms with van der Waals surface area (Å²) in [6, 6.07) is 16.6. The van der Waals surface area contributed by atoms with Gasteiger partial charge in [0.15, 0.2) is 4.80 Å². The van der Waals surface area contributed by atoms with Crippen molar-refractivity contribution in [1.29, 1.82) is 0 Å². The molecule has 0 spiro atoms. The first-order chi connectivity index (χ1) is 14.0. The van der Waals surface area contributed by atoms with Crippen molar-refractivity contribution in [3.05, 3.63) is 85.4 Å². The molecule has 5 rings (SSSR count). The molecule has 3 atom stereocenters. The van der Waals surface area contributed by atoms with Crippen LogP contribution < -0.4 is 19.6 Å². The number of carbonyl (C=O) groups is 1. The molecule has 1 aromatic heterocycles. The first-order valence-corrected chi connectivity index (χ1v) is 10.1. The van der Waals surface area contributed by atoms with Gasteiger partial charge in [0, 0.05) is 5.56 Å². The third-order valence-electron chi connectivity index (χ3n) is 5.43. The molecule has 0 fully saturated rings. The van der Waals surface area contributed by atoms with Gasteiger partial charge in [0.2, 0.25) is 5.72 Å². The van der Waals surface area contributed by atoms with E-state index in [-0.39, 0.29) is 5.56 Å². The average Bonchev–Trinajstić information content (AvgIpc) is 3.01. The quantitative estimate of drug-likeness (QED) is 0.609. The standard InChI is InChI=1S/C22H18N2O4S/c1-22-17(20(26)27-2)18(14-10-6-7-11-15(14)28-22)24-19(25)16(29-21(24)23-22)12-13-8-4-3-5-9-13/h3-12,17-18H,1-2H3/b16-12-/t17-,18+,22-/m0/s1. The molecule has 2 aliphatic heterocycles. The summed E-state index contributed by atoms with van der Waals surface area (Å²) in [7, 11) is 1.34. The second-order valence-corrected chi connectivity index (χ2v) is 8.24. The second-order valence-electron chi connectivity index (χ2n) is 7.23. The van der Waals surface area contributed by atoms with Gasteiger partial charge < -0.3 is 9.47 Å². The number of ether oxygens (including phenoxy) is 2. The molecule has 0 amide bonds. The van der Waals surface area contributed by atoms with E-state index in [1.54, 1.807) is 11.5 Å². The van der Waals surface area contributed by atoms with E-state index in [2.05, 4.69) is 0 Å². The molecule has 2 aliphatic rings. The number of aromatic nitrogens is 1. The molecule has 0 saturated heterocycles. The van der Waals surface area contributed by atoms with Crippen LogP contribution in [0, 0.1) is 5.92 Å². The molecule has 0 saturated carbocycles. The van der Waals surface area contributed by atoms with Gasteiger partial charge in [-0.05, 0) is 24.6 Å². The Hall–Kier alpha value is -3.19. The van der Waals surface area contributed by atoms with Crippen LogP contribution in [0.1, 0.15) is 24.1 Å². The minimum absolute atomic E-state index is 0.171. The number of esters is 1. The number of thiazole rings is 1. The van der Waals surface area contributed by atoms with Crippen LogP contribution in [0.5, 0.6) is 5.75 Å². The van der Waals surface area contributed by atoms with Crippen molar-refractivity contribution in [3.63, 3.8) is 0 Å². The lowest BCUT2D eigenvalue weighted by atomic mass is 9.81. The Balaban J connectivity index is 1.81. The first-order valence-electron chi connectivity index (χ1n) is 9.25. The second kappa shape index (κ2) is 6.42. The van der Waals surface area contributed by atoms with Gasteiger partial charge in [0.25, 0.3) is 5.56 Å². The van der Waals surface area contributed by atoms with Crippen LogP contribution in [0.4, 0.5) is 0 Å². The Morgan fingerprint density at radius 3 is 2.69 bits per heavy atom. The molecule has 0 radical (unpaired) electrons. The Kier molecular flexibility index (Phi) is 3.96. The maximum absolute atomic E-state index is 13.4. The van der Waals surface area contributed by atoms with E-state index in [1.807, 2.05) is 60.7 Å². The van der Waals surface area contributed by atoms with Crippen LogP contribution >= 0.6 is 11.3 Å². The highest BCUT2D eigenvalue weighted by atomic mass is 32.1. The predicted octanol–water partition coefficient (Wildman–Crippen LogP) is 1.86. The van der Waals surface area contributed by atoms with E-state index >= 15 is 0 Å². The van der Waals surface area contributed by atoms with Gasteiger partial charge in [-0.15, -0.1) is 0 Å². The highest BCUT2D eigenvalue weighted by molar-refractivity contribution is 7.07. The SMILES string of the molecule is COC(=O)[C@@H]1[C@H]2c3ccccc3O[C@]1(C)N=c1s/c(=C\c3ccccc3)c(=O)n12. The Bertz CT molecular complexity index is 1290. The van der Waals surface area contributed by atoms with Crippen LogP contribution in [0.2, 0.25) is 0 Å². The maximum atomic E-state index is 13.4. The number of rotatable bonds is 2. The molecule has 7 heteroatoms. The van der Waals surface area contributed by atoms with Gasteiger partial charge in [0.05, 0.1) is 17.7 Å². The summed E-state index contributed by atoms with van der Waals surface area (Å²) in [6.07, 6.45) is 1.85. The third-order valence-corrected chi connectivity index (χ3v) is 6.42. The van der Waals surface area contributed by atoms with Gasteiger partial charge >= 0.3 is 5.97 Å². The lowest BCUT2D eigenvalue weighted by Gasteiger charge is -2.44. The molecule has 3 aromatic rings. The summed E-state index contributed by atoms with van der Waals surface area (Å²) >= 11 is 1.30. The van der Waals surface area contributed by atoms with Gasteiger partial charge in [-0.1, -0.05) is 59.9 Å². The van der Waals surface area contributed by atoms with Crippen LogP contribution in [0.15, 0.2) is 64.4 Å². The van der Waals surface area contributed by atoms with Crippen molar-refractivity contribution < 1.29 is 14.3 Å². The number of nitrogens with zero attached hydrogens (tertiary/aromatic N) is 2. The average molecular weight is 406 g/mol. The zero-order chi connectivity index (χ0) is 20.2. The summed E-state index contributed by atoms with van der Waals surface area (Å²) in [5.74, 6) is -0.582. The van der Waals surface area contributed by atoms with Crippen LogP contribution in [0.3, 0.4) is 0 Å². The Morgan fingerprint density at radius 2 is 1.93 bits per heavy atom. The molecule has 29 heavy (non-hydrogen) atoms. The number of methoxy groups -OCH3 is 1. The van der Waals surface area contributed by atoms with Gasteiger partial charge in [-0.25, -0.2) is 4.99 Å². The van der Waals surface area contributed by atoms with E-state index in [0.29, 0.717) is 15.1 Å². The van der Waals surface area contributed by atoms with E-state index in [4.69, 9.17) is 14.5 Å². The Morgan fingerprint density at radius 1 is 1.21 bits per heavy atom. The summed E-state index contributed by atoms with van der Waals surface area (Å²) in [6.45, 7) is 1.77. The number of carbonyl (C=O) groups excluding carboxylic acids is 1. The highest BCUT2D eigenvalue weighted by Crippen LogP contribution is 2.47. The fourth-order valence-corrected chi connectivity index (χ4v) is 5.23. The smallest absolute Gasteiger partial charge is 0.317 e. The molecule has 2 aromatic carbocycles. The largest absolute Gasteiger partial charge is 0.469 e. The zero-order valence-corrected chi connectivity index (χ0v) is 16.7. The molecule has 0 unspecified atom stereocenters. The fraction of sp³-hybridized carbons (Fsp3) is 0.227. The first kappa shape index (κ1) is 17.9. The van der Waals surface area contributed by atoms with Crippen LogP contribution in [0.25, 0.3) is 6.08 Å². The van der Waals surface area contributed by atoms with E-state index in [0.717, 1.165) is 11.1 Å². The van der Waals surface area contributed by atoms with Crippen molar-refractivity contribution in [2.75, 3.05) is 7.11 Å². The van der Waals surface area contributed by atoms with E-state index in [9.17, 15) is 9.59 Å². The number of fused-ring (bicyclic) bond motifs is 6. The van der Waals surface area contributed by atoms with Crippen molar-refractivity contribution in [2.24, 2.45) is 10.9 Å². The highest BCUT2D eigenvalue weighted by Gasteiger charge is 2.55. The Labute approximate surface area is 170 Å². The maximum Gasteiger partial charge on any atom is 0.317 e. The van der Waals surface area contributed by atoms with Gasteiger partial charge in [0.1, 0.15) is 11.7 Å². The molecule has 2 bridgehead atoms. The molecule has 0 N–H and O–H groups in total. The predicted molar refractivity (Wildman–Crippen MR) is 108 cm³/mol. The molecule has 0 aliphatic carbocycles. The van der Waals surface area contributed by atoms with Crippen molar-refractivity contribution in [1.82, 2.24) is 4.57 Å². The van der Waals surface area contributed by atoms with Crippen molar-refractivity contribution in [3.8, 4) is 5.75 Å². The topological polar surface area (TPSA) is 69.9 Å². The minimum Gasteiger partial charge on any atom is -0.469 e. The van der Waals surface area contributed by atoms with Crippen LogP contribution in [-0.4, -0.2) is 23.4 Å². The lowest BCUT2D eigenvalue weighted by molar-refractivity contribution is -0.158. The zero-order valence-electron chi connectivity index (χ0n) is 15.9. The number of para-hydroxylation sites is 1.